The number of carbonyl (C=O) groups excluding carboxylic acids is 2. The molecule has 2 amide bonds. The Hall–Kier alpha value is -2.89. The molecule has 6 nitrogen and oxygen atoms in total. The Morgan fingerprint density at radius 2 is 2.15 bits per heavy atom. The second-order valence-corrected chi connectivity index (χ2v) is 6.60. The summed E-state index contributed by atoms with van der Waals surface area (Å²) in [7, 11) is 1.77. The van der Waals surface area contributed by atoms with Crippen LogP contribution in [0.1, 0.15) is 39.4 Å². The van der Waals surface area contributed by atoms with Crippen LogP contribution in [0.15, 0.2) is 35.4 Å². The molecule has 0 aliphatic carbocycles. The fraction of sp³-hybridized carbons (Fsp3) is 0.350. The molecule has 0 N–H and O–H groups in total. The summed E-state index contributed by atoms with van der Waals surface area (Å²) in [6.45, 7) is 8.40. The first-order valence-corrected chi connectivity index (χ1v) is 8.66. The molecule has 0 fully saturated rings. The lowest BCUT2D eigenvalue weighted by Gasteiger charge is -2.29. The molecule has 1 aromatic heterocycles. The van der Waals surface area contributed by atoms with Gasteiger partial charge in [0, 0.05) is 30.4 Å². The van der Waals surface area contributed by atoms with E-state index in [0.717, 1.165) is 41.1 Å². The molecule has 2 aromatic rings. The smallest absolute Gasteiger partial charge is 0.253 e. The van der Waals surface area contributed by atoms with Crippen LogP contribution >= 0.6 is 0 Å². The van der Waals surface area contributed by atoms with Gasteiger partial charge in [0.05, 0.1) is 12.2 Å². The fourth-order valence-electron chi connectivity index (χ4n) is 3.33. The summed E-state index contributed by atoms with van der Waals surface area (Å²) in [5, 5.41) is 3.93. The molecule has 0 spiro atoms. The lowest BCUT2D eigenvalue weighted by atomic mass is 9.98. The van der Waals surface area contributed by atoms with Gasteiger partial charge in [0.2, 0.25) is 5.91 Å². The summed E-state index contributed by atoms with van der Waals surface area (Å²) in [6.07, 6.45) is 3.05. The Bertz CT molecular complexity index is 850. The van der Waals surface area contributed by atoms with E-state index in [0.29, 0.717) is 18.7 Å². The second kappa shape index (κ2) is 7.15. The van der Waals surface area contributed by atoms with E-state index in [1.165, 1.54) is 6.08 Å². The van der Waals surface area contributed by atoms with Crippen molar-refractivity contribution in [2.75, 3.05) is 18.5 Å². The maximum Gasteiger partial charge on any atom is 0.253 e. The van der Waals surface area contributed by atoms with E-state index in [4.69, 9.17) is 4.52 Å². The molecule has 3 rings (SSSR count). The predicted octanol–water partition coefficient (Wildman–Crippen LogP) is 3.03. The number of amides is 2. The zero-order chi connectivity index (χ0) is 18.8. The van der Waals surface area contributed by atoms with E-state index in [9.17, 15) is 9.59 Å². The van der Waals surface area contributed by atoms with Gasteiger partial charge in [-0.2, -0.15) is 0 Å². The summed E-state index contributed by atoms with van der Waals surface area (Å²) >= 11 is 0. The van der Waals surface area contributed by atoms with E-state index in [2.05, 4.69) is 11.7 Å². The van der Waals surface area contributed by atoms with Crippen molar-refractivity contribution in [2.24, 2.45) is 0 Å². The quantitative estimate of drug-likeness (QED) is 0.793. The van der Waals surface area contributed by atoms with Crippen molar-refractivity contribution in [3.8, 4) is 0 Å². The third kappa shape index (κ3) is 3.27. The molecule has 26 heavy (non-hydrogen) atoms. The maximum atomic E-state index is 12.8. The molecule has 1 aromatic carbocycles. The SMILES string of the molecule is C=CC(=O)N1CCCc2cc(C(=O)N(C)Cc3c(C)noc3C)ccc21. The molecule has 0 saturated carbocycles. The summed E-state index contributed by atoms with van der Waals surface area (Å²) in [5.41, 5.74) is 4.23. The van der Waals surface area contributed by atoms with Gasteiger partial charge < -0.3 is 14.3 Å². The van der Waals surface area contributed by atoms with Crippen LogP contribution in [0, 0.1) is 13.8 Å². The van der Waals surface area contributed by atoms with Crippen LogP contribution in [0.25, 0.3) is 0 Å². The Balaban J connectivity index is 1.82. The zero-order valence-corrected chi connectivity index (χ0v) is 15.4. The minimum atomic E-state index is -0.111. The van der Waals surface area contributed by atoms with Crippen LogP contribution < -0.4 is 4.90 Å². The monoisotopic (exact) mass is 353 g/mol. The number of aromatic nitrogens is 1. The molecule has 1 aliphatic rings. The predicted molar refractivity (Wildman–Crippen MR) is 99.1 cm³/mol. The lowest BCUT2D eigenvalue weighted by molar-refractivity contribution is -0.114. The van der Waals surface area contributed by atoms with Crippen molar-refractivity contribution >= 4 is 17.5 Å². The van der Waals surface area contributed by atoms with Crippen molar-refractivity contribution < 1.29 is 14.1 Å². The zero-order valence-electron chi connectivity index (χ0n) is 15.4. The minimum Gasteiger partial charge on any atom is -0.361 e. The molecule has 0 atom stereocenters. The van der Waals surface area contributed by atoms with Gasteiger partial charge in [-0.15, -0.1) is 0 Å². The van der Waals surface area contributed by atoms with Gasteiger partial charge in [0.15, 0.2) is 0 Å². The number of fused-ring (bicyclic) bond motifs is 1. The van der Waals surface area contributed by atoms with Gasteiger partial charge in [-0.05, 0) is 56.5 Å². The number of aryl methyl sites for hydroxylation is 3. The summed E-state index contributed by atoms with van der Waals surface area (Å²) < 4.78 is 5.17. The van der Waals surface area contributed by atoms with E-state index in [1.807, 2.05) is 26.0 Å². The maximum absolute atomic E-state index is 12.8. The summed E-state index contributed by atoms with van der Waals surface area (Å²) in [5.74, 6) is 0.548. The Labute approximate surface area is 153 Å². The molecular formula is C20H23N3O3. The number of rotatable bonds is 4. The standard InChI is InChI=1S/C20H23N3O3/c1-5-19(24)23-10-6-7-15-11-16(8-9-18(15)23)20(25)22(4)12-17-13(2)21-26-14(17)3/h5,8-9,11H,1,6-7,10,12H2,2-4H3. The molecule has 0 bridgehead atoms. The van der Waals surface area contributed by atoms with Crippen molar-refractivity contribution in [3.05, 3.63) is 59.0 Å². The second-order valence-electron chi connectivity index (χ2n) is 6.60. The Morgan fingerprint density at radius 3 is 2.81 bits per heavy atom. The van der Waals surface area contributed by atoms with Crippen molar-refractivity contribution in [2.45, 2.75) is 33.2 Å². The number of hydrogen-bond acceptors (Lipinski definition) is 4. The van der Waals surface area contributed by atoms with Crippen LogP contribution in [0.3, 0.4) is 0 Å². The van der Waals surface area contributed by atoms with Crippen molar-refractivity contribution in [1.82, 2.24) is 10.1 Å². The van der Waals surface area contributed by atoms with Gasteiger partial charge in [-0.1, -0.05) is 11.7 Å². The molecule has 1 aliphatic heterocycles. The average molecular weight is 353 g/mol. The van der Waals surface area contributed by atoms with Crippen molar-refractivity contribution in [3.63, 3.8) is 0 Å². The number of benzene rings is 1. The number of nitrogens with zero attached hydrogens (tertiary/aromatic N) is 3. The van der Waals surface area contributed by atoms with Gasteiger partial charge in [0.25, 0.3) is 5.91 Å². The third-order valence-corrected chi connectivity index (χ3v) is 4.81. The van der Waals surface area contributed by atoms with E-state index in [-0.39, 0.29) is 11.8 Å². The largest absolute Gasteiger partial charge is 0.361 e. The van der Waals surface area contributed by atoms with Gasteiger partial charge in [-0.25, -0.2) is 0 Å². The number of carbonyl (C=O) groups is 2. The van der Waals surface area contributed by atoms with Gasteiger partial charge in [-0.3, -0.25) is 9.59 Å². The van der Waals surface area contributed by atoms with Crippen LogP contribution in [-0.2, 0) is 17.8 Å². The Morgan fingerprint density at radius 1 is 1.38 bits per heavy atom. The molecule has 6 heteroatoms. The Kier molecular flexibility index (Phi) is 4.93. The van der Waals surface area contributed by atoms with E-state index < -0.39 is 0 Å². The first kappa shape index (κ1) is 17.9. The van der Waals surface area contributed by atoms with Crippen LogP contribution in [0.4, 0.5) is 5.69 Å². The highest BCUT2D eigenvalue weighted by Crippen LogP contribution is 2.29. The average Bonchev–Trinajstić information content (AvgIpc) is 2.97. The molecule has 2 heterocycles. The van der Waals surface area contributed by atoms with Crippen LogP contribution in [-0.4, -0.2) is 35.5 Å². The molecule has 136 valence electrons. The first-order chi connectivity index (χ1) is 12.4. The van der Waals surface area contributed by atoms with Gasteiger partial charge in [0.1, 0.15) is 5.76 Å². The van der Waals surface area contributed by atoms with E-state index in [1.54, 1.807) is 22.9 Å². The van der Waals surface area contributed by atoms with Crippen molar-refractivity contribution in [1.29, 1.82) is 0 Å². The highest BCUT2D eigenvalue weighted by Gasteiger charge is 2.23. The minimum absolute atomic E-state index is 0.0695. The van der Waals surface area contributed by atoms with Crippen LogP contribution in [0.2, 0.25) is 0 Å². The normalized spacial score (nSPS) is 13.3. The molecule has 0 unspecified atom stereocenters. The summed E-state index contributed by atoms with van der Waals surface area (Å²) in [6, 6.07) is 5.52. The summed E-state index contributed by atoms with van der Waals surface area (Å²) in [4.78, 5) is 28.2. The molecule has 0 radical (unpaired) electrons. The van der Waals surface area contributed by atoms with Gasteiger partial charge >= 0.3 is 0 Å². The lowest BCUT2D eigenvalue weighted by Crippen LogP contribution is -2.34. The first-order valence-electron chi connectivity index (χ1n) is 8.66. The van der Waals surface area contributed by atoms with Crippen LogP contribution in [0.5, 0.6) is 0 Å². The fourth-order valence-corrected chi connectivity index (χ4v) is 3.33. The molecular weight excluding hydrogens is 330 g/mol. The number of anilines is 1. The molecule has 0 saturated heterocycles. The number of hydrogen-bond donors (Lipinski definition) is 0. The topological polar surface area (TPSA) is 66.7 Å². The highest BCUT2D eigenvalue weighted by atomic mass is 16.5. The van der Waals surface area contributed by atoms with E-state index >= 15 is 0 Å². The highest BCUT2D eigenvalue weighted by molar-refractivity contribution is 6.02. The third-order valence-electron chi connectivity index (χ3n) is 4.81.